The molecule has 0 bridgehead atoms. The second-order valence-corrected chi connectivity index (χ2v) is 5.23. The Bertz CT molecular complexity index is 439. The van der Waals surface area contributed by atoms with Gasteiger partial charge in [0.1, 0.15) is 17.3 Å². The predicted molar refractivity (Wildman–Crippen MR) is 65.5 cm³/mol. The van der Waals surface area contributed by atoms with E-state index in [1.807, 2.05) is 0 Å². The summed E-state index contributed by atoms with van der Waals surface area (Å²) in [5, 5.41) is 0.252. The molecule has 2 fully saturated rings. The maximum absolute atomic E-state index is 11.1. The highest BCUT2D eigenvalue weighted by atomic mass is 35.5. The molecule has 1 aliphatic heterocycles. The summed E-state index contributed by atoms with van der Waals surface area (Å²) >= 11 is 5.92. The summed E-state index contributed by atoms with van der Waals surface area (Å²) in [6, 6.07) is 0. The van der Waals surface area contributed by atoms with E-state index in [4.69, 9.17) is 11.6 Å². The van der Waals surface area contributed by atoms with E-state index in [0.29, 0.717) is 11.4 Å². The molecule has 1 aromatic rings. The van der Waals surface area contributed by atoms with Gasteiger partial charge in [-0.25, -0.2) is 9.97 Å². The number of halogens is 1. The molecule has 2 heterocycles. The number of aromatic nitrogens is 2. The zero-order valence-corrected chi connectivity index (χ0v) is 10.2. The zero-order valence-electron chi connectivity index (χ0n) is 9.47. The Morgan fingerprint density at radius 2 is 2.00 bits per heavy atom. The minimum Gasteiger partial charge on any atom is -0.355 e. The quantitative estimate of drug-likeness (QED) is 0.597. The van der Waals surface area contributed by atoms with Crippen LogP contribution >= 0.6 is 11.6 Å². The fraction of sp³-hybridized carbons (Fsp3) is 0.583. The Morgan fingerprint density at radius 1 is 1.29 bits per heavy atom. The molecule has 0 amide bonds. The van der Waals surface area contributed by atoms with Gasteiger partial charge in [0.05, 0.1) is 5.56 Å². The maximum atomic E-state index is 11.1. The summed E-state index contributed by atoms with van der Waals surface area (Å²) in [6.07, 6.45) is 6.13. The SMILES string of the molecule is O=Cc1c(Cl)ncnc1N1CC2CCCC2C1. The van der Waals surface area contributed by atoms with Crippen LogP contribution in [0, 0.1) is 11.8 Å². The van der Waals surface area contributed by atoms with E-state index < -0.39 is 0 Å². The van der Waals surface area contributed by atoms with E-state index in [1.165, 1.54) is 25.6 Å². The summed E-state index contributed by atoms with van der Waals surface area (Å²) in [7, 11) is 0. The smallest absolute Gasteiger partial charge is 0.156 e. The molecule has 5 heteroatoms. The van der Waals surface area contributed by atoms with Crippen molar-refractivity contribution in [3.63, 3.8) is 0 Å². The molecule has 3 rings (SSSR count). The molecular formula is C12H14ClN3O. The van der Waals surface area contributed by atoms with Crippen LogP contribution in [0.2, 0.25) is 5.15 Å². The van der Waals surface area contributed by atoms with Gasteiger partial charge < -0.3 is 4.90 Å². The van der Waals surface area contributed by atoms with Gasteiger partial charge in [0, 0.05) is 13.1 Å². The maximum Gasteiger partial charge on any atom is 0.156 e. The second kappa shape index (κ2) is 4.26. The monoisotopic (exact) mass is 251 g/mol. The van der Waals surface area contributed by atoms with Crippen LogP contribution in [0.15, 0.2) is 6.33 Å². The van der Waals surface area contributed by atoms with E-state index in [2.05, 4.69) is 14.9 Å². The molecule has 90 valence electrons. The van der Waals surface area contributed by atoms with Crippen molar-refractivity contribution in [3.05, 3.63) is 17.0 Å². The molecule has 2 unspecified atom stereocenters. The van der Waals surface area contributed by atoms with Crippen LogP contribution in [0.5, 0.6) is 0 Å². The number of aldehydes is 1. The zero-order chi connectivity index (χ0) is 11.8. The van der Waals surface area contributed by atoms with E-state index in [1.54, 1.807) is 0 Å². The molecule has 17 heavy (non-hydrogen) atoms. The van der Waals surface area contributed by atoms with Crippen molar-refractivity contribution >= 4 is 23.7 Å². The van der Waals surface area contributed by atoms with Crippen molar-refractivity contribution in [2.75, 3.05) is 18.0 Å². The molecule has 0 spiro atoms. The van der Waals surface area contributed by atoms with Crippen LogP contribution in [0.4, 0.5) is 5.82 Å². The van der Waals surface area contributed by atoms with Crippen molar-refractivity contribution in [2.24, 2.45) is 11.8 Å². The number of carbonyl (C=O) groups is 1. The van der Waals surface area contributed by atoms with Crippen LogP contribution in [0.25, 0.3) is 0 Å². The summed E-state index contributed by atoms with van der Waals surface area (Å²) in [4.78, 5) is 21.3. The fourth-order valence-corrected chi connectivity index (χ4v) is 3.30. The number of anilines is 1. The second-order valence-electron chi connectivity index (χ2n) is 4.88. The standard InChI is InChI=1S/C12H14ClN3O/c13-11-10(6-17)12(15-7-14-11)16-4-8-2-1-3-9(8)5-16/h6-9H,1-5H2. The molecule has 0 N–H and O–H groups in total. The van der Waals surface area contributed by atoms with Crippen molar-refractivity contribution < 1.29 is 4.79 Å². The molecule has 1 aliphatic carbocycles. The topological polar surface area (TPSA) is 46.1 Å². The van der Waals surface area contributed by atoms with Crippen molar-refractivity contribution in [2.45, 2.75) is 19.3 Å². The van der Waals surface area contributed by atoms with Gasteiger partial charge in [0.25, 0.3) is 0 Å². The molecule has 0 radical (unpaired) electrons. The van der Waals surface area contributed by atoms with Crippen molar-refractivity contribution in [1.29, 1.82) is 0 Å². The van der Waals surface area contributed by atoms with Crippen molar-refractivity contribution in [3.8, 4) is 0 Å². The Labute approximate surface area is 105 Å². The molecule has 1 saturated heterocycles. The lowest BCUT2D eigenvalue weighted by Gasteiger charge is -2.19. The van der Waals surface area contributed by atoms with E-state index >= 15 is 0 Å². The van der Waals surface area contributed by atoms with Crippen LogP contribution in [0.3, 0.4) is 0 Å². The Hall–Kier alpha value is -1.16. The Kier molecular flexibility index (Phi) is 2.74. The van der Waals surface area contributed by atoms with E-state index in [0.717, 1.165) is 31.2 Å². The molecule has 1 saturated carbocycles. The van der Waals surface area contributed by atoms with Gasteiger partial charge in [-0.05, 0) is 24.7 Å². The third-order valence-electron chi connectivity index (χ3n) is 3.96. The van der Waals surface area contributed by atoms with Gasteiger partial charge in [-0.15, -0.1) is 0 Å². The van der Waals surface area contributed by atoms with Gasteiger partial charge in [0.2, 0.25) is 0 Å². The van der Waals surface area contributed by atoms with Gasteiger partial charge in [-0.3, -0.25) is 4.79 Å². The van der Waals surface area contributed by atoms with Gasteiger partial charge >= 0.3 is 0 Å². The first-order chi connectivity index (χ1) is 8.29. The lowest BCUT2D eigenvalue weighted by Crippen LogP contribution is -2.23. The minimum atomic E-state index is 0.252. The summed E-state index contributed by atoms with van der Waals surface area (Å²) in [5.74, 6) is 2.24. The number of nitrogens with zero attached hydrogens (tertiary/aromatic N) is 3. The van der Waals surface area contributed by atoms with E-state index in [-0.39, 0.29) is 5.15 Å². The first-order valence-electron chi connectivity index (χ1n) is 6.00. The van der Waals surface area contributed by atoms with Crippen LogP contribution in [-0.4, -0.2) is 29.3 Å². The van der Waals surface area contributed by atoms with E-state index in [9.17, 15) is 4.79 Å². The molecular weight excluding hydrogens is 238 g/mol. The highest BCUT2D eigenvalue weighted by molar-refractivity contribution is 6.32. The number of rotatable bonds is 2. The van der Waals surface area contributed by atoms with Crippen LogP contribution in [0.1, 0.15) is 29.6 Å². The van der Waals surface area contributed by atoms with Crippen LogP contribution < -0.4 is 4.90 Å². The number of hydrogen-bond donors (Lipinski definition) is 0. The Balaban J connectivity index is 1.90. The molecule has 2 aliphatic rings. The summed E-state index contributed by atoms with van der Waals surface area (Å²) < 4.78 is 0. The average Bonchev–Trinajstić information content (AvgIpc) is 2.88. The van der Waals surface area contributed by atoms with Crippen LogP contribution in [-0.2, 0) is 0 Å². The normalized spacial score (nSPS) is 27.2. The summed E-state index contributed by atoms with van der Waals surface area (Å²) in [5.41, 5.74) is 0.425. The van der Waals surface area contributed by atoms with Gasteiger partial charge in [-0.1, -0.05) is 18.0 Å². The first kappa shape index (κ1) is 11.0. The molecule has 4 nitrogen and oxygen atoms in total. The van der Waals surface area contributed by atoms with Gasteiger partial charge in [0.15, 0.2) is 6.29 Å². The lowest BCUT2D eigenvalue weighted by atomic mass is 10.0. The number of fused-ring (bicyclic) bond motifs is 1. The Morgan fingerprint density at radius 3 is 2.65 bits per heavy atom. The third-order valence-corrected chi connectivity index (χ3v) is 4.26. The number of carbonyl (C=O) groups excluding carboxylic acids is 1. The third kappa shape index (κ3) is 1.80. The molecule has 0 aromatic carbocycles. The highest BCUT2D eigenvalue weighted by Gasteiger charge is 2.37. The minimum absolute atomic E-state index is 0.252. The highest BCUT2D eigenvalue weighted by Crippen LogP contribution is 2.39. The molecule has 2 atom stereocenters. The average molecular weight is 252 g/mol. The fourth-order valence-electron chi connectivity index (χ4n) is 3.13. The van der Waals surface area contributed by atoms with Gasteiger partial charge in [-0.2, -0.15) is 0 Å². The number of hydrogen-bond acceptors (Lipinski definition) is 4. The lowest BCUT2D eigenvalue weighted by molar-refractivity contribution is 0.112. The first-order valence-corrected chi connectivity index (χ1v) is 6.38. The summed E-state index contributed by atoms with van der Waals surface area (Å²) in [6.45, 7) is 2.00. The largest absolute Gasteiger partial charge is 0.355 e. The molecule has 1 aromatic heterocycles. The predicted octanol–water partition coefficient (Wildman–Crippen LogP) is 2.18. The van der Waals surface area contributed by atoms with Crippen molar-refractivity contribution in [1.82, 2.24) is 9.97 Å².